The van der Waals surface area contributed by atoms with E-state index in [0.717, 1.165) is 16.6 Å². The van der Waals surface area contributed by atoms with E-state index in [1.807, 2.05) is 43.3 Å². The number of pyridine rings is 1. The molecular weight excluding hydrogens is 214 g/mol. The molecule has 0 fully saturated rings. The molecule has 1 aromatic carbocycles. The van der Waals surface area contributed by atoms with Crippen LogP contribution in [0, 0.1) is 0 Å². The highest BCUT2D eigenvalue weighted by Gasteiger charge is 2.23. The number of fused-ring (bicyclic) bond motifs is 1. The van der Waals surface area contributed by atoms with Gasteiger partial charge < -0.3 is 0 Å². The fraction of sp³-hybridized carbons (Fsp3) is 0.154. The Labute approximate surface area is 98.6 Å². The third-order valence-electron chi connectivity index (χ3n) is 2.71. The first-order valence-corrected chi connectivity index (χ1v) is 5.47. The van der Waals surface area contributed by atoms with E-state index in [9.17, 15) is 4.79 Å². The SMILES string of the molecule is CC1=NN(c2ccc3ccccc3n2)C(=O)C1. The van der Waals surface area contributed by atoms with Gasteiger partial charge >= 0.3 is 0 Å². The first kappa shape index (κ1) is 9.96. The average Bonchev–Trinajstić information content (AvgIpc) is 2.68. The van der Waals surface area contributed by atoms with Crippen molar-refractivity contribution >= 4 is 28.3 Å². The van der Waals surface area contributed by atoms with Crippen molar-refractivity contribution in [3.8, 4) is 0 Å². The molecule has 1 aliphatic rings. The number of hydrogen-bond donors (Lipinski definition) is 0. The predicted octanol–water partition coefficient (Wildman–Crippen LogP) is 2.35. The summed E-state index contributed by atoms with van der Waals surface area (Å²) < 4.78 is 0. The van der Waals surface area contributed by atoms with Crippen molar-refractivity contribution in [3.63, 3.8) is 0 Å². The van der Waals surface area contributed by atoms with E-state index in [2.05, 4.69) is 10.1 Å². The fourth-order valence-electron chi connectivity index (χ4n) is 1.91. The summed E-state index contributed by atoms with van der Waals surface area (Å²) in [6.45, 7) is 1.85. The number of carbonyl (C=O) groups is 1. The van der Waals surface area contributed by atoms with E-state index in [4.69, 9.17) is 0 Å². The molecule has 1 aromatic heterocycles. The van der Waals surface area contributed by atoms with Crippen LogP contribution in [0.3, 0.4) is 0 Å². The van der Waals surface area contributed by atoms with E-state index in [-0.39, 0.29) is 5.91 Å². The van der Waals surface area contributed by atoms with Gasteiger partial charge in [-0.2, -0.15) is 10.1 Å². The van der Waals surface area contributed by atoms with Gasteiger partial charge in [0.15, 0.2) is 5.82 Å². The van der Waals surface area contributed by atoms with Crippen molar-refractivity contribution in [2.24, 2.45) is 5.10 Å². The summed E-state index contributed by atoms with van der Waals surface area (Å²) in [7, 11) is 0. The number of anilines is 1. The van der Waals surface area contributed by atoms with Crippen molar-refractivity contribution < 1.29 is 4.79 Å². The van der Waals surface area contributed by atoms with Crippen LogP contribution in [0.15, 0.2) is 41.5 Å². The Morgan fingerprint density at radius 1 is 1.18 bits per heavy atom. The molecule has 0 unspecified atom stereocenters. The fourth-order valence-corrected chi connectivity index (χ4v) is 1.91. The Balaban J connectivity index is 2.09. The van der Waals surface area contributed by atoms with Crippen LogP contribution in [0.2, 0.25) is 0 Å². The molecule has 0 aliphatic carbocycles. The lowest BCUT2D eigenvalue weighted by molar-refractivity contribution is -0.116. The third-order valence-corrected chi connectivity index (χ3v) is 2.71. The van der Waals surface area contributed by atoms with Gasteiger partial charge in [-0.25, -0.2) is 4.98 Å². The molecule has 0 bridgehead atoms. The Morgan fingerprint density at radius 2 is 2.00 bits per heavy atom. The molecule has 2 aromatic rings. The normalized spacial score (nSPS) is 15.5. The molecule has 4 heteroatoms. The highest BCUT2D eigenvalue weighted by molar-refractivity contribution is 6.12. The van der Waals surface area contributed by atoms with Gasteiger partial charge in [0.2, 0.25) is 0 Å². The molecule has 3 rings (SSSR count). The highest BCUT2D eigenvalue weighted by Crippen LogP contribution is 2.21. The minimum atomic E-state index is -0.0229. The molecule has 0 N–H and O–H groups in total. The third kappa shape index (κ3) is 1.67. The number of hydrazone groups is 1. The summed E-state index contributed by atoms with van der Waals surface area (Å²) in [5, 5.41) is 6.62. The molecular formula is C13H11N3O. The van der Waals surface area contributed by atoms with Crippen molar-refractivity contribution in [3.05, 3.63) is 36.4 Å². The number of amides is 1. The number of rotatable bonds is 1. The van der Waals surface area contributed by atoms with Gasteiger partial charge in [0.1, 0.15) is 0 Å². The second-order valence-electron chi connectivity index (χ2n) is 4.08. The lowest BCUT2D eigenvalue weighted by Crippen LogP contribution is -2.20. The molecule has 4 nitrogen and oxygen atoms in total. The minimum Gasteiger partial charge on any atom is -0.272 e. The maximum Gasteiger partial charge on any atom is 0.254 e. The number of carbonyl (C=O) groups excluding carboxylic acids is 1. The molecule has 0 saturated carbocycles. The van der Waals surface area contributed by atoms with Gasteiger partial charge in [0, 0.05) is 11.1 Å². The van der Waals surface area contributed by atoms with Crippen LogP contribution in [0.5, 0.6) is 0 Å². The molecule has 84 valence electrons. The van der Waals surface area contributed by atoms with Gasteiger partial charge in [-0.05, 0) is 25.1 Å². The van der Waals surface area contributed by atoms with Crippen molar-refractivity contribution in [2.75, 3.05) is 5.01 Å². The van der Waals surface area contributed by atoms with Gasteiger partial charge in [-0.3, -0.25) is 4.79 Å². The van der Waals surface area contributed by atoms with Crippen LogP contribution in [-0.4, -0.2) is 16.6 Å². The minimum absolute atomic E-state index is 0.0229. The van der Waals surface area contributed by atoms with Crippen LogP contribution in [-0.2, 0) is 4.79 Å². The zero-order chi connectivity index (χ0) is 11.8. The van der Waals surface area contributed by atoms with Crippen LogP contribution >= 0.6 is 0 Å². The topological polar surface area (TPSA) is 45.6 Å². The standard InChI is InChI=1S/C13H11N3O/c1-9-8-13(17)16(15-9)12-7-6-10-4-2-3-5-11(10)14-12/h2-7H,8H2,1H3. The number of para-hydroxylation sites is 1. The lowest BCUT2D eigenvalue weighted by atomic mass is 10.2. The predicted molar refractivity (Wildman–Crippen MR) is 67.0 cm³/mol. The smallest absolute Gasteiger partial charge is 0.254 e. The lowest BCUT2D eigenvalue weighted by Gasteiger charge is -2.10. The molecule has 0 atom stereocenters. The van der Waals surface area contributed by atoms with Crippen molar-refractivity contribution in [1.29, 1.82) is 0 Å². The van der Waals surface area contributed by atoms with Crippen molar-refractivity contribution in [1.82, 2.24) is 4.98 Å². The zero-order valence-corrected chi connectivity index (χ0v) is 9.42. The Hall–Kier alpha value is -2.23. The molecule has 17 heavy (non-hydrogen) atoms. The summed E-state index contributed by atoms with van der Waals surface area (Å²) in [6.07, 6.45) is 0.383. The van der Waals surface area contributed by atoms with E-state index in [1.54, 1.807) is 0 Å². The maximum absolute atomic E-state index is 11.7. The van der Waals surface area contributed by atoms with Crippen LogP contribution in [0.1, 0.15) is 13.3 Å². The second kappa shape index (κ2) is 3.66. The summed E-state index contributed by atoms with van der Waals surface area (Å²) in [4.78, 5) is 16.1. The van der Waals surface area contributed by atoms with E-state index >= 15 is 0 Å². The average molecular weight is 225 g/mol. The summed E-state index contributed by atoms with van der Waals surface area (Å²) in [5.74, 6) is 0.566. The monoisotopic (exact) mass is 225 g/mol. The van der Waals surface area contributed by atoms with E-state index in [0.29, 0.717) is 12.2 Å². The van der Waals surface area contributed by atoms with E-state index < -0.39 is 0 Å². The van der Waals surface area contributed by atoms with Gasteiger partial charge in [-0.1, -0.05) is 18.2 Å². The van der Waals surface area contributed by atoms with Crippen molar-refractivity contribution in [2.45, 2.75) is 13.3 Å². The molecule has 0 spiro atoms. The first-order valence-electron chi connectivity index (χ1n) is 5.47. The van der Waals surface area contributed by atoms with Crippen LogP contribution in [0.4, 0.5) is 5.82 Å². The molecule has 1 amide bonds. The van der Waals surface area contributed by atoms with Crippen LogP contribution < -0.4 is 5.01 Å². The number of benzene rings is 1. The summed E-state index contributed by atoms with van der Waals surface area (Å²) in [5.41, 5.74) is 1.70. The Morgan fingerprint density at radius 3 is 2.76 bits per heavy atom. The number of hydrogen-bond acceptors (Lipinski definition) is 3. The summed E-state index contributed by atoms with van der Waals surface area (Å²) >= 11 is 0. The number of nitrogens with zero attached hydrogens (tertiary/aromatic N) is 3. The van der Waals surface area contributed by atoms with Gasteiger partial charge in [0.25, 0.3) is 5.91 Å². The Bertz CT molecular complexity index is 633. The number of aromatic nitrogens is 1. The quantitative estimate of drug-likeness (QED) is 0.747. The molecule has 1 aliphatic heterocycles. The highest BCUT2D eigenvalue weighted by atomic mass is 16.2. The van der Waals surface area contributed by atoms with E-state index in [1.165, 1.54) is 5.01 Å². The second-order valence-corrected chi connectivity index (χ2v) is 4.08. The molecule has 0 saturated heterocycles. The van der Waals surface area contributed by atoms with Gasteiger partial charge in [-0.15, -0.1) is 0 Å². The van der Waals surface area contributed by atoms with Crippen LogP contribution in [0.25, 0.3) is 10.9 Å². The first-order chi connectivity index (χ1) is 8.24. The molecule has 2 heterocycles. The zero-order valence-electron chi connectivity index (χ0n) is 9.42. The Kier molecular flexibility index (Phi) is 2.14. The maximum atomic E-state index is 11.7. The summed E-state index contributed by atoms with van der Waals surface area (Å²) in [6, 6.07) is 11.6. The molecule has 0 radical (unpaired) electrons. The largest absolute Gasteiger partial charge is 0.272 e. The van der Waals surface area contributed by atoms with Gasteiger partial charge in [0.05, 0.1) is 11.9 Å².